The Kier molecular flexibility index (Phi) is 5.38. The predicted molar refractivity (Wildman–Crippen MR) is 77.3 cm³/mol. The Morgan fingerprint density at radius 3 is 2.70 bits per heavy atom. The molecule has 1 saturated carbocycles. The molecule has 0 atom stereocenters. The second-order valence-corrected chi connectivity index (χ2v) is 5.65. The third-order valence-electron chi connectivity index (χ3n) is 3.80. The summed E-state index contributed by atoms with van der Waals surface area (Å²) in [5, 5.41) is 13.5. The minimum absolute atomic E-state index is 0.247. The summed E-state index contributed by atoms with van der Waals surface area (Å²) in [5.41, 5.74) is 0.115. The fraction of sp³-hybridized carbons (Fsp3) is 0.625. The van der Waals surface area contributed by atoms with Crippen LogP contribution in [0.3, 0.4) is 0 Å². The molecule has 112 valence electrons. The molecule has 1 aromatic carbocycles. The molecule has 0 aromatic heterocycles. The molecule has 1 aromatic rings. The van der Waals surface area contributed by atoms with Gasteiger partial charge in [-0.2, -0.15) is 0 Å². The van der Waals surface area contributed by atoms with Crippen LogP contribution in [0.4, 0.5) is 4.39 Å². The number of halogens is 1. The van der Waals surface area contributed by atoms with Crippen LogP contribution in [0.15, 0.2) is 18.2 Å². The first-order valence-corrected chi connectivity index (χ1v) is 7.47. The molecule has 0 amide bonds. The van der Waals surface area contributed by atoms with Crippen molar-refractivity contribution in [3.05, 3.63) is 29.6 Å². The van der Waals surface area contributed by atoms with Gasteiger partial charge in [-0.05, 0) is 37.1 Å². The molecule has 0 saturated heterocycles. The van der Waals surface area contributed by atoms with Crippen LogP contribution in [-0.4, -0.2) is 23.9 Å². The number of nitrogens with one attached hydrogen (secondary N) is 1. The Hall–Kier alpha value is -1.13. The van der Waals surface area contributed by atoms with E-state index in [2.05, 4.69) is 5.32 Å². The van der Waals surface area contributed by atoms with Gasteiger partial charge in [0.15, 0.2) is 0 Å². The minimum Gasteiger partial charge on any atom is -0.490 e. The van der Waals surface area contributed by atoms with Crippen molar-refractivity contribution in [2.75, 3.05) is 13.2 Å². The van der Waals surface area contributed by atoms with E-state index in [9.17, 15) is 9.50 Å². The molecular weight excluding hydrogens is 257 g/mol. The van der Waals surface area contributed by atoms with Crippen molar-refractivity contribution in [1.29, 1.82) is 0 Å². The fourth-order valence-corrected chi connectivity index (χ4v) is 2.65. The maximum absolute atomic E-state index is 13.5. The third-order valence-corrected chi connectivity index (χ3v) is 3.80. The predicted octanol–water partition coefficient (Wildman–Crippen LogP) is 3.01. The van der Waals surface area contributed by atoms with Crippen LogP contribution >= 0.6 is 0 Å². The number of ether oxygens (including phenoxy) is 1. The van der Waals surface area contributed by atoms with Crippen molar-refractivity contribution in [2.45, 2.75) is 51.2 Å². The second kappa shape index (κ2) is 7.04. The van der Waals surface area contributed by atoms with Crippen molar-refractivity contribution in [3.8, 4) is 5.75 Å². The summed E-state index contributed by atoms with van der Waals surface area (Å²) in [4.78, 5) is 0. The van der Waals surface area contributed by atoms with E-state index in [4.69, 9.17) is 4.74 Å². The topological polar surface area (TPSA) is 41.5 Å². The van der Waals surface area contributed by atoms with Gasteiger partial charge in [0.1, 0.15) is 18.2 Å². The average molecular weight is 281 g/mol. The lowest BCUT2D eigenvalue weighted by Crippen LogP contribution is -2.37. The Labute approximate surface area is 120 Å². The highest BCUT2D eigenvalue weighted by molar-refractivity contribution is 5.29. The van der Waals surface area contributed by atoms with Gasteiger partial charge in [0.2, 0.25) is 0 Å². The number of benzene rings is 1. The lowest BCUT2D eigenvalue weighted by molar-refractivity contribution is -0.0339. The molecule has 0 heterocycles. The Balaban J connectivity index is 1.96. The average Bonchev–Trinajstić information content (AvgIpc) is 2.43. The number of hydrogen-bond acceptors (Lipinski definition) is 3. The van der Waals surface area contributed by atoms with Gasteiger partial charge in [0.05, 0.1) is 5.60 Å². The summed E-state index contributed by atoms with van der Waals surface area (Å²) in [6.45, 7) is 3.72. The molecule has 3 nitrogen and oxygen atoms in total. The van der Waals surface area contributed by atoms with E-state index in [1.54, 1.807) is 0 Å². The normalized spacial score (nSPS) is 17.9. The second-order valence-electron chi connectivity index (χ2n) is 5.65. The van der Waals surface area contributed by atoms with Crippen LogP contribution in [0, 0.1) is 5.82 Å². The van der Waals surface area contributed by atoms with Gasteiger partial charge < -0.3 is 15.2 Å². The molecule has 0 bridgehead atoms. The van der Waals surface area contributed by atoms with Crippen molar-refractivity contribution in [3.63, 3.8) is 0 Å². The van der Waals surface area contributed by atoms with Gasteiger partial charge in [-0.3, -0.25) is 0 Å². The molecule has 20 heavy (non-hydrogen) atoms. The summed E-state index contributed by atoms with van der Waals surface area (Å²) in [6.07, 6.45) is 4.79. The van der Waals surface area contributed by atoms with Gasteiger partial charge in [-0.25, -0.2) is 4.39 Å². The highest BCUT2D eigenvalue weighted by Crippen LogP contribution is 2.29. The van der Waals surface area contributed by atoms with Gasteiger partial charge >= 0.3 is 0 Å². The quantitative estimate of drug-likeness (QED) is 0.842. The molecule has 1 aliphatic carbocycles. The van der Waals surface area contributed by atoms with Crippen LogP contribution in [0.5, 0.6) is 5.75 Å². The first-order chi connectivity index (χ1) is 9.61. The zero-order valence-corrected chi connectivity index (χ0v) is 12.1. The standard InChI is InChI=1S/C16H24FNO2/c1-2-18-11-13-8-14(17)10-15(9-13)20-12-16(19)6-4-3-5-7-16/h8-10,18-19H,2-7,11-12H2,1H3. The molecule has 1 aliphatic rings. The van der Waals surface area contributed by atoms with E-state index in [-0.39, 0.29) is 12.4 Å². The van der Waals surface area contributed by atoms with E-state index in [0.29, 0.717) is 12.3 Å². The van der Waals surface area contributed by atoms with E-state index < -0.39 is 5.60 Å². The van der Waals surface area contributed by atoms with Crippen LogP contribution in [0.1, 0.15) is 44.6 Å². The van der Waals surface area contributed by atoms with Gasteiger partial charge in [-0.15, -0.1) is 0 Å². The number of rotatable bonds is 6. The smallest absolute Gasteiger partial charge is 0.127 e. The Morgan fingerprint density at radius 1 is 1.25 bits per heavy atom. The largest absolute Gasteiger partial charge is 0.490 e. The highest BCUT2D eigenvalue weighted by Gasteiger charge is 2.30. The zero-order valence-electron chi connectivity index (χ0n) is 12.1. The van der Waals surface area contributed by atoms with E-state index in [0.717, 1.165) is 37.8 Å². The molecule has 0 spiro atoms. The van der Waals surface area contributed by atoms with Gasteiger partial charge in [0, 0.05) is 12.6 Å². The van der Waals surface area contributed by atoms with Crippen LogP contribution in [0.25, 0.3) is 0 Å². The first kappa shape index (κ1) is 15.3. The summed E-state index contributed by atoms with van der Waals surface area (Å²) in [6, 6.07) is 4.71. The monoisotopic (exact) mass is 281 g/mol. The third kappa shape index (κ3) is 4.46. The van der Waals surface area contributed by atoms with Crippen molar-refractivity contribution < 1.29 is 14.2 Å². The van der Waals surface area contributed by atoms with E-state index >= 15 is 0 Å². The van der Waals surface area contributed by atoms with Crippen LogP contribution in [0.2, 0.25) is 0 Å². The maximum Gasteiger partial charge on any atom is 0.127 e. The number of aliphatic hydroxyl groups is 1. The Morgan fingerprint density at radius 2 is 2.00 bits per heavy atom. The van der Waals surface area contributed by atoms with Crippen molar-refractivity contribution in [1.82, 2.24) is 5.32 Å². The molecular formula is C16H24FNO2. The number of hydrogen-bond donors (Lipinski definition) is 2. The van der Waals surface area contributed by atoms with Gasteiger partial charge in [-0.1, -0.05) is 26.2 Å². The molecule has 2 rings (SSSR count). The zero-order chi connectivity index (χ0) is 14.4. The van der Waals surface area contributed by atoms with Gasteiger partial charge in [0.25, 0.3) is 0 Å². The minimum atomic E-state index is -0.744. The lowest BCUT2D eigenvalue weighted by Gasteiger charge is -2.31. The molecule has 0 unspecified atom stereocenters. The molecule has 1 fully saturated rings. The summed E-state index contributed by atoms with van der Waals surface area (Å²) >= 11 is 0. The molecule has 0 aliphatic heterocycles. The molecule has 4 heteroatoms. The van der Waals surface area contributed by atoms with Crippen molar-refractivity contribution >= 4 is 0 Å². The lowest BCUT2D eigenvalue weighted by atomic mass is 9.85. The summed E-state index contributed by atoms with van der Waals surface area (Å²) in [7, 11) is 0. The maximum atomic E-state index is 13.5. The SMILES string of the molecule is CCNCc1cc(F)cc(OCC2(O)CCCCC2)c1. The van der Waals surface area contributed by atoms with Crippen LogP contribution in [-0.2, 0) is 6.54 Å². The van der Waals surface area contributed by atoms with Crippen molar-refractivity contribution in [2.24, 2.45) is 0 Å². The van der Waals surface area contributed by atoms with E-state index in [1.165, 1.54) is 18.6 Å². The summed E-state index contributed by atoms with van der Waals surface area (Å²) in [5.74, 6) is 0.197. The summed E-state index contributed by atoms with van der Waals surface area (Å²) < 4.78 is 19.2. The van der Waals surface area contributed by atoms with Crippen LogP contribution < -0.4 is 10.1 Å². The highest BCUT2D eigenvalue weighted by atomic mass is 19.1. The fourth-order valence-electron chi connectivity index (χ4n) is 2.65. The molecule has 0 radical (unpaired) electrons. The van der Waals surface area contributed by atoms with E-state index in [1.807, 2.05) is 13.0 Å². The Bertz CT molecular complexity index is 430. The first-order valence-electron chi connectivity index (χ1n) is 7.47. The molecule has 2 N–H and O–H groups in total.